The predicted molar refractivity (Wildman–Crippen MR) is 135 cm³/mol. The number of Topliss-reactive ketones (excluding diaryl/α,β-unsaturated/α-hetero) is 1. The molecule has 1 saturated carbocycles. The molecule has 5 rings (SSSR count). The number of carbonyl (C=O) groups excluding carboxylic acids is 3. The molecule has 2 heterocycles. The fourth-order valence-corrected chi connectivity index (χ4v) is 5.28. The molecule has 2 aromatic carbocycles. The van der Waals surface area contributed by atoms with Crippen molar-refractivity contribution in [3.05, 3.63) is 53.0 Å². The van der Waals surface area contributed by atoms with Crippen LogP contribution in [0.2, 0.25) is 0 Å². The number of ketones is 1. The zero-order valence-electron chi connectivity index (χ0n) is 19.7. The number of morpholine rings is 1. The fourth-order valence-electron chi connectivity index (χ4n) is 4.23. The molecule has 36 heavy (non-hydrogen) atoms. The Bertz CT molecular complexity index is 1330. The number of aromatic nitrogens is 1. The minimum absolute atomic E-state index is 0.00228. The zero-order valence-corrected chi connectivity index (χ0v) is 20.6. The van der Waals surface area contributed by atoms with Gasteiger partial charge in [-0.3, -0.25) is 14.4 Å². The SMILES string of the molecule is N#CC(C(=O)NCC(=O)CC1CC1)c1nc2ccc(-c3ccc(C(=O)N4CCOCC4)cc3)cc2s1. The molecular formula is C27H26N4O4S. The third kappa shape index (κ3) is 5.45. The first-order valence-corrected chi connectivity index (χ1v) is 12.9. The minimum Gasteiger partial charge on any atom is -0.378 e. The van der Waals surface area contributed by atoms with Gasteiger partial charge in [-0.05, 0) is 54.2 Å². The molecule has 1 N–H and O–H groups in total. The van der Waals surface area contributed by atoms with E-state index in [4.69, 9.17) is 4.74 Å². The summed E-state index contributed by atoms with van der Waals surface area (Å²) in [5.74, 6) is -1.11. The number of nitrogens with zero attached hydrogens (tertiary/aromatic N) is 3. The monoisotopic (exact) mass is 502 g/mol. The highest BCUT2D eigenvalue weighted by Crippen LogP contribution is 2.33. The van der Waals surface area contributed by atoms with E-state index >= 15 is 0 Å². The number of hydrogen-bond donors (Lipinski definition) is 1. The number of fused-ring (bicyclic) bond motifs is 1. The predicted octanol–water partition coefficient (Wildman–Crippen LogP) is 3.53. The van der Waals surface area contributed by atoms with Crippen LogP contribution in [0.3, 0.4) is 0 Å². The van der Waals surface area contributed by atoms with Crippen molar-refractivity contribution >= 4 is 39.2 Å². The highest BCUT2D eigenvalue weighted by atomic mass is 32.1. The molecule has 9 heteroatoms. The summed E-state index contributed by atoms with van der Waals surface area (Å²) in [6.07, 6.45) is 2.64. The smallest absolute Gasteiger partial charge is 0.254 e. The molecular weight excluding hydrogens is 476 g/mol. The van der Waals surface area contributed by atoms with E-state index in [1.54, 1.807) is 4.90 Å². The van der Waals surface area contributed by atoms with E-state index in [0.717, 1.165) is 28.7 Å². The first kappa shape index (κ1) is 24.1. The Hall–Kier alpha value is -3.61. The largest absolute Gasteiger partial charge is 0.378 e. The van der Waals surface area contributed by atoms with Crippen molar-refractivity contribution in [2.75, 3.05) is 32.8 Å². The van der Waals surface area contributed by atoms with Gasteiger partial charge in [-0.1, -0.05) is 18.2 Å². The lowest BCUT2D eigenvalue weighted by Gasteiger charge is -2.26. The number of thiazole rings is 1. The molecule has 0 radical (unpaired) electrons. The minimum atomic E-state index is -1.06. The summed E-state index contributed by atoms with van der Waals surface area (Å²) >= 11 is 1.30. The maximum Gasteiger partial charge on any atom is 0.254 e. The quantitative estimate of drug-likeness (QED) is 0.504. The van der Waals surface area contributed by atoms with Crippen LogP contribution in [0.4, 0.5) is 0 Å². The van der Waals surface area contributed by atoms with Gasteiger partial charge in [-0.2, -0.15) is 5.26 Å². The van der Waals surface area contributed by atoms with Crippen LogP contribution >= 0.6 is 11.3 Å². The Morgan fingerprint density at radius 1 is 1.11 bits per heavy atom. The van der Waals surface area contributed by atoms with Gasteiger partial charge < -0.3 is 15.0 Å². The second-order valence-corrected chi connectivity index (χ2v) is 10.2. The zero-order chi connectivity index (χ0) is 25.1. The Balaban J connectivity index is 1.28. The van der Waals surface area contributed by atoms with E-state index in [-0.39, 0.29) is 18.2 Å². The molecule has 0 bridgehead atoms. The lowest BCUT2D eigenvalue weighted by molar-refractivity contribution is -0.125. The number of hydrogen-bond acceptors (Lipinski definition) is 7. The Morgan fingerprint density at radius 3 is 2.53 bits per heavy atom. The van der Waals surface area contributed by atoms with E-state index in [2.05, 4.69) is 10.3 Å². The van der Waals surface area contributed by atoms with E-state index < -0.39 is 11.8 Å². The van der Waals surface area contributed by atoms with E-state index in [9.17, 15) is 19.6 Å². The van der Waals surface area contributed by atoms with Crippen LogP contribution in [0, 0.1) is 17.2 Å². The average molecular weight is 503 g/mol. The van der Waals surface area contributed by atoms with Crippen molar-refractivity contribution in [3.8, 4) is 17.2 Å². The van der Waals surface area contributed by atoms with Crippen LogP contribution in [-0.2, 0) is 14.3 Å². The lowest BCUT2D eigenvalue weighted by Crippen LogP contribution is -2.40. The molecule has 0 spiro atoms. The number of carbonyl (C=O) groups is 3. The normalized spacial score (nSPS) is 16.4. The van der Waals surface area contributed by atoms with Crippen molar-refractivity contribution in [3.63, 3.8) is 0 Å². The van der Waals surface area contributed by atoms with Crippen molar-refractivity contribution in [1.29, 1.82) is 5.26 Å². The van der Waals surface area contributed by atoms with E-state index in [1.165, 1.54) is 11.3 Å². The summed E-state index contributed by atoms with van der Waals surface area (Å²) in [7, 11) is 0. The van der Waals surface area contributed by atoms with Crippen LogP contribution in [0.5, 0.6) is 0 Å². The second-order valence-electron chi connectivity index (χ2n) is 9.18. The first-order valence-electron chi connectivity index (χ1n) is 12.1. The fraction of sp³-hybridized carbons (Fsp3) is 0.370. The third-order valence-corrected chi connectivity index (χ3v) is 7.56. The Morgan fingerprint density at radius 2 is 1.83 bits per heavy atom. The van der Waals surface area contributed by atoms with Crippen LogP contribution in [0.1, 0.15) is 40.5 Å². The van der Waals surface area contributed by atoms with Gasteiger partial charge in [0.1, 0.15) is 5.01 Å². The highest BCUT2D eigenvalue weighted by Gasteiger charge is 2.27. The van der Waals surface area contributed by atoms with Crippen LogP contribution in [-0.4, -0.2) is 60.3 Å². The first-order chi connectivity index (χ1) is 17.5. The van der Waals surface area contributed by atoms with Crippen molar-refractivity contribution in [2.24, 2.45) is 5.92 Å². The Labute approximate surface area is 212 Å². The van der Waals surface area contributed by atoms with E-state index in [1.807, 2.05) is 48.5 Å². The number of amides is 2. The molecule has 2 fully saturated rings. The van der Waals surface area contributed by atoms with Gasteiger partial charge >= 0.3 is 0 Å². The lowest BCUT2D eigenvalue weighted by atomic mass is 10.0. The molecule has 184 valence electrons. The van der Waals surface area contributed by atoms with Crippen LogP contribution in [0.25, 0.3) is 21.3 Å². The summed E-state index contributed by atoms with van der Waals surface area (Å²) < 4.78 is 6.17. The summed E-state index contributed by atoms with van der Waals surface area (Å²) in [5.41, 5.74) is 3.25. The maximum absolute atomic E-state index is 12.7. The maximum atomic E-state index is 12.7. The molecule has 1 aliphatic heterocycles. The molecule has 2 aliphatic rings. The molecule has 1 unspecified atom stereocenters. The standard InChI is InChI=1S/C27H26N4O4S/c28-15-22(25(33)29-16-21(32)13-17-1-2-17)26-30-23-8-7-20(14-24(23)36-26)18-3-5-19(6-4-18)27(34)31-9-11-35-12-10-31/h3-8,14,17,22H,1-2,9-13,16H2,(H,29,33). The Kier molecular flexibility index (Phi) is 7.07. The molecule has 3 aromatic rings. The number of ether oxygens (including phenoxy) is 1. The summed E-state index contributed by atoms with van der Waals surface area (Å²) in [5, 5.41) is 12.6. The third-order valence-electron chi connectivity index (χ3n) is 6.48. The average Bonchev–Trinajstić information content (AvgIpc) is 3.63. The topological polar surface area (TPSA) is 112 Å². The number of rotatable bonds is 8. The summed E-state index contributed by atoms with van der Waals surface area (Å²) in [6, 6.07) is 15.3. The number of benzene rings is 2. The second kappa shape index (κ2) is 10.6. The summed E-state index contributed by atoms with van der Waals surface area (Å²) in [6.45, 7) is 2.28. The van der Waals surface area contributed by atoms with E-state index in [0.29, 0.717) is 54.7 Å². The number of nitriles is 1. The molecule has 1 aliphatic carbocycles. The van der Waals surface area contributed by atoms with Gasteiger partial charge in [0.2, 0.25) is 5.91 Å². The van der Waals surface area contributed by atoms with Gasteiger partial charge in [0.15, 0.2) is 11.7 Å². The molecule has 1 aromatic heterocycles. The molecule has 2 amide bonds. The van der Waals surface area contributed by atoms with Crippen LogP contribution in [0.15, 0.2) is 42.5 Å². The molecule has 8 nitrogen and oxygen atoms in total. The van der Waals surface area contributed by atoms with Crippen molar-refractivity contribution in [1.82, 2.24) is 15.2 Å². The molecule has 1 atom stereocenters. The van der Waals surface area contributed by atoms with Crippen molar-refractivity contribution in [2.45, 2.75) is 25.2 Å². The van der Waals surface area contributed by atoms with Crippen molar-refractivity contribution < 1.29 is 19.1 Å². The van der Waals surface area contributed by atoms with Gasteiger partial charge in [0.25, 0.3) is 5.91 Å². The summed E-state index contributed by atoms with van der Waals surface area (Å²) in [4.78, 5) is 43.5. The highest BCUT2D eigenvalue weighted by molar-refractivity contribution is 7.18. The van der Waals surface area contributed by atoms with Gasteiger partial charge in [-0.25, -0.2) is 4.98 Å². The van der Waals surface area contributed by atoms with Gasteiger partial charge in [0.05, 0.1) is 36.0 Å². The number of nitrogens with one attached hydrogen (secondary N) is 1. The molecule has 1 saturated heterocycles. The van der Waals surface area contributed by atoms with Crippen LogP contribution < -0.4 is 5.32 Å². The van der Waals surface area contributed by atoms with Gasteiger partial charge in [0, 0.05) is 25.1 Å². The van der Waals surface area contributed by atoms with Gasteiger partial charge in [-0.15, -0.1) is 11.3 Å².